The summed E-state index contributed by atoms with van der Waals surface area (Å²) in [6, 6.07) is 13.0. The Morgan fingerprint density at radius 3 is 2.38 bits per heavy atom. The van der Waals surface area contributed by atoms with Crippen molar-refractivity contribution in [1.29, 1.82) is 0 Å². The van der Waals surface area contributed by atoms with Crippen LogP contribution in [0.4, 0.5) is 11.6 Å². The Kier molecular flexibility index (Phi) is 3.51. The largest absolute Gasteiger partial charge is 0.351 e. The third-order valence-corrected chi connectivity index (χ3v) is 5.59. The summed E-state index contributed by atoms with van der Waals surface area (Å²) in [6.07, 6.45) is 2.52. The average Bonchev–Trinajstić information content (AvgIpc) is 3.47. The van der Waals surface area contributed by atoms with Gasteiger partial charge in [0, 0.05) is 36.8 Å². The summed E-state index contributed by atoms with van der Waals surface area (Å²) in [5.74, 6) is 2.57. The second kappa shape index (κ2) is 5.90. The first-order chi connectivity index (χ1) is 12.7. The van der Waals surface area contributed by atoms with E-state index >= 15 is 0 Å². The monoisotopic (exact) mass is 346 g/mol. The normalized spacial score (nSPS) is 17.4. The summed E-state index contributed by atoms with van der Waals surface area (Å²) in [6.45, 7) is 3.86. The minimum absolute atomic E-state index is 0.403. The van der Waals surface area contributed by atoms with Crippen LogP contribution in [0.25, 0.3) is 10.8 Å². The van der Waals surface area contributed by atoms with E-state index in [1.807, 2.05) is 6.92 Å². The highest BCUT2D eigenvalue weighted by Crippen LogP contribution is 2.39. The number of hydrogen-bond donors (Lipinski definition) is 0. The quantitative estimate of drug-likeness (QED) is 0.724. The van der Waals surface area contributed by atoms with Crippen molar-refractivity contribution in [2.75, 3.05) is 29.9 Å². The van der Waals surface area contributed by atoms with Crippen LogP contribution < -0.4 is 9.80 Å². The Balaban J connectivity index is 1.32. The highest BCUT2D eigenvalue weighted by Gasteiger charge is 2.33. The summed E-state index contributed by atoms with van der Waals surface area (Å²) in [7, 11) is 2.11. The molecule has 0 amide bonds. The molecule has 0 bridgehead atoms. The summed E-state index contributed by atoms with van der Waals surface area (Å²) < 4.78 is 0. The molecule has 3 heterocycles. The van der Waals surface area contributed by atoms with Gasteiger partial charge in [-0.05, 0) is 31.9 Å². The van der Waals surface area contributed by atoms with Crippen LogP contribution >= 0.6 is 0 Å². The number of likely N-dealkylation sites (N-methyl/N-ethyl adjacent to an activating group) is 1. The van der Waals surface area contributed by atoms with Gasteiger partial charge in [0.15, 0.2) is 11.6 Å². The fourth-order valence-corrected chi connectivity index (χ4v) is 3.65. The Hall–Kier alpha value is -2.76. The molecule has 0 spiro atoms. The molecule has 6 heteroatoms. The lowest BCUT2D eigenvalue weighted by molar-refractivity contribution is 0.487. The first kappa shape index (κ1) is 15.5. The zero-order valence-electron chi connectivity index (χ0n) is 15.1. The fourth-order valence-electron chi connectivity index (χ4n) is 3.65. The molecule has 1 aliphatic heterocycles. The van der Waals surface area contributed by atoms with Gasteiger partial charge in [-0.3, -0.25) is 0 Å². The number of fused-ring (bicyclic) bond motifs is 1. The first-order valence-corrected chi connectivity index (χ1v) is 9.24. The van der Waals surface area contributed by atoms with Gasteiger partial charge in [0.1, 0.15) is 0 Å². The van der Waals surface area contributed by atoms with Gasteiger partial charge in [0.2, 0.25) is 0 Å². The molecule has 2 fully saturated rings. The molecule has 5 rings (SSSR count). The van der Waals surface area contributed by atoms with Gasteiger partial charge in [-0.2, -0.15) is 10.2 Å². The van der Waals surface area contributed by atoms with Crippen molar-refractivity contribution in [3.05, 3.63) is 47.8 Å². The van der Waals surface area contributed by atoms with E-state index in [1.54, 1.807) is 0 Å². The molecule has 1 saturated heterocycles. The van der Waals surface area contributed by atoms with Gasteiger partial charge in [-0.15, -0.1) is 10.2 Å². The maximum Gasteiger partial charge on any atom is 0.159 e. The lowest BCUT2D eigenvalue weighted by Crippen LogP contribution is -2.59. The number of rotatable bonds is 4. The van der Waals surface area contributed by atoms with Crippen LogP contribution in [0.5, 0.6) is 0 Å². The van der Waals surface area contributed by atoms with Crippen LogP contribution in [0.3, 0.4) is 0 Å². The molecule has 0 unspecified atom stereocenters. The Labute approximate surface area is 152 Å². The van der Waals surface area contributed by atoms with Crippen molar-refractivity contribution in [1.82, 2.24) is 20.4 Å². The van der Waals surface area contributed by atoms with Gasteiger partial charge < -0.3 is 9.80 Å². The smallest absolute Gasteiger partial charge is 0.159 e. The molecule has 2 aliphatic rings. The van der Waals surface area contributed by atoms with E-state index in [-0.39, 0.29) is 0 Å². The number of anilines is 2. The van der Waals surface area contributed by atoms with Crippen LogP contribution in [0.2, 0.25) is 0 Å². The Morgan fingerprint density at radius 2 is 1.69 bits per heavy atom. The molecule has 1 aromatic carbocycles. The highest BCUT2D eigenvalue weighted by atomic mass is 15.4. The SMILES string of the molecule is Cc1nnc(N(C)C2CN(c3ccc(C4CC4)nn3)C2)c2ccccc12. The van der Waals surface area contributed by atoms with Crippen LogP contribution in [0.15, 0.2) is 36.4 Å². The topological polar surface area (TPSA) is 58.0 Å². The van der Waals surface area contributed by atoms with Crippen molar-refractivity contribution in [3.63, 3.8) is 0 Å². The van der Waals surface area contributed by atoms with Crippen molar-refractivity contribution in [2.45, 2.75) is 31.7 Å². The van der Waals surface area contributed by atoms with E-state index < -0.39 is 0 Å². The molecule has 2 aromatic heterocycles. The van der Waals surface area contributed by atoms with E-state index in [1.165, 1.54) is 18.2 Å². The number of benzene rings is 1. The summed E-state index contributed by atoms with van der Waals surface area (Å²) in [5.41, 5.74) is 2.11. The minimum Gasteiger partial charge on any atom is -0.351 e. The molecule has 3 aromatic rings. The fraction of sp³-hybridized carbons (Fsp3) is 0.400. The Morgan fingerprint density at radius 1 is 0.923 bits per heavy atom. The van der Waals surface area contributed by atoms with Gasteiger partial charge in [0.05, 0.1) is 17.4 Å². The maximum absolute atomic E-state index is 4.47. The van der Waals surface area contributed by atoms with E-state index in [2.05, 4.69) is 73.6 Å². The standard InChI is InChI=1S/C20H22N6/c1-13-16-5-3-4-6-17(16)20(24-21-13)25(2)15-11-26(12-15)19-10-9-18(22-23-19)14-7-8-14/h3-6,9-10,14-15H,7-8,11-12H2,1-2H3. The summed E-state index contributed by atoms with van der Waals surface area (Å²) in [4.78, 5) is 4.52. The molecule has 132 valence electrons. The highest BCUT2D eigenvalue weighted by molar-refractivity contribution is 5.93. The van der Waals surface area contributed by atoms with Crippen molar-refractivity contribution in [2.24, 2.45) is 0 Å². The van der Waals surface area contributed by atoms with Crippen molar-refractivity contribution < 1.29 is 0 Å². The van der Waals surface area contributed by atoms with E-state index in [4.69, 9.17) is 0 Å². The van der Waals surface area contributed by atoms with Crippen LogP contribution in [0, 0.1) is 6.92 Å². The molecule has 6 nitrogen and oxygen atoms in total. The van der Waals surface area contributed by atoms with E-state index in [0.29, 0.717) is 12.0 Å². The summed E-state index contributed by atoms with van der Waals surface area (Å²) in [5, 5.41) is 20.0. The zero-order valence-corrected chi connectivity index (χ0v) is 15.1. The summed E-state index contributed by atoms with van der Waals surface area (Å²) >= 11 is 0. The van der Waals surface area contributed by atoms with Gasteiger partial charge >= 0.3 is 0 Å². The van der Waals surface area contributed by atoms with Crippen LogP contribution in [-0.4, -0.2) is 46.6 Å². The predicted octanol–water partition coefficient (Wildman–Crippen LogP) is 2.93. The van der Waals surface area contributed by atoms with Crippen LogP contribution in [-0.2, 0) is 0 Å². The molecular formula is C20H22N6. The van der Waals surface area contributed by atoms with E-state index in [0.717, 1.165) is 41.5 Å². The Bertz CT molecular complexity index is 944. The maximum atomic E-state index is 4.47. The second-order valence-corrected chi connectivity index (χ2v) is 7.41. The molecule has 1 aliphatic carbocycles. The molecular weight excluding hydrogens is 324 g/mol. The van der Waals surface area contributed by atoms with Gasteiger partial charge in [0.25, 0.3) is 0 Å². The molecule has 0 radical (unpaired) electrons. The third-order valence-electron chi connectivity index (χ3n) is 5.59. The number of nitrogens with zero attached hydrogens (tertiary/aromatic N) is 6. The second-order valence-electron chi connectivity index (χ2n) is 7.41. The number of aryl methyl sites for hydroxylation is 1. The number of hydrogen-bond acceptors (Lipinski definition) is 6. The third kappa shape index (κ3) is 2.57. The molecule has 1 saturated carbocycles. The zero-order chi connectivity index (χ0) is 17.7. The predicted molar refractivity (Wildman–Crippen MR) is 103 cm³/mol. The van der Waals surface area contributed by atoms with Crippen molar-refractivity contribution >= 4 is 22.4 Å². The molecule has 0 N–H and O–H groups in total. The van der Waals surface area contributed by atoms with Crippen LogP contribution in [0.1, 0.15) is 30.1 Å². The van der Waals surface area contributed by atoms with Crippen molar-refractivity contribution in [3.8, 4) is 0 Å². The minimum atomic E-state index is 0.403. The molecule has 26 heavy (non-hydrogen) atoms. The number of aromatic nitrogens is 4. The first-order valence-electron chi connectivity index (χ1n) is 9.24. The van der Waals surface area contributed by atoms with E-state index in [9.17, 15) is 0 Å². The van der Waals surface area contributed by atoms with Gasteiger partial charge in [-0.1, -0.05) is 24.3 Å². The van der Waals surface area contributed by atoms with Gasteiger partial charge in [-0.25, -0.2) is 0 Å². The lowest BCUT2D eigenvalue weighted by Gasteiger charge is -2.44. The average molecular weight is 346 g/mol. The lowest BCUT2D eigenvalue weighted by atomic mass is 10.1. The molecule has 0 atom stereocenters.